The minimum Gasteiger partial charge on any atom is -0.334 e. The lowest BCUT2D eigenvalue weighted by Gasteiger charge is -2.16. The van der Waals surface area contributed by atoms with E-state index in [1.165, 1.54) is 5.69 Å². The number of hydrogen-bond donors (Lipinski definition) is 1. The fourth-order valence-electron chi connectivity index (χ4n) is 1.97. The van der Waals surface area contributed by atoms with Gasteiger partial charge in [0.1, 0.15) is 0 Å². The van der Waals surface area contributed by atoms with Gasteiger partial charge in [0.2, 0.25) is 0 Å². The highest BCUT2D eigenvalue weighted by atomic mass is 35.5. The lowest BCUT2D eigenvalue weighted by atomic mass is 10.1. The van der Waals surface area contributed by atoms with E-state index in [1.807, 2.05) is 30.7 Å². The van der Waals surface area contributed by atoms with Crippen molar-refractivity contribution in [1.82, 2.24) is 14.9 Å². The largest absolute Gasteiger partial charge is 0.334 e. The zero-order valence-corrected chi connectivity index (χ0v) is 11.5. The summed E-state index contributed by atoms with van der Waals surface area (Å²) in [5.74, 6) is 0. The molecule has 1 aromatic carbocycles. The molecule has 0 aliphatic heterocycles. The van der Waals surface area contributed by atoms with Crippen molar-refractivity contribution < 1.29 is 0 Å². The lowest BCUT2D eigenvalue weighted by molar-refractivity contribution is 0.550. The maximum Gasteiger partial charge on any atom is 0.0948 e. The number of nitrogens with one attached hydrogen (secondary N) is 1. The molecule has 1 atom stereocenters. The fourth-order valence-corrected chi connectivity index (χ4v) is 2.27. The van der Waals surface area contributed by atoms with Crippen LogP contribution in [0.25, 0.3) is 0 Å². The third-order valence-electron chi connectivity index (χ3n) is 3.10. The molecule has 0 saturated carbocycles. The van der Waals surface area contributed by atoms with Crippen LogP contribution in [0.1, 0.15) is 31.1 Å². The molecule has 0 bridgehead atoms. The van der Waals surface area contributed by atoms with E-state index in [1.54, 1.807) is 0 Å². The number of hydrogen-bond acceptors (Lipinski definition) is 2. The molecule has 0 fully saturated rings. The molecule has 0 aliphatic carbocycles. The van der Waals surface area contributed by atoms with Crippen LogP contribution in [0, 0.1) is 0 Å². The van der Waals surface area contributed by atoms with Gasteiger partial charge < -0.3 is 9.88 Å². The van der Waals surface area contributed by atoms with Crippen LogP contribution >= 0.6 is 11.6 Å². The van der Waals surface area contributed by atoms with Crippen LogP contribution in [0.2, 0.25) is 5.02 Å². The van der Waals surface area contributed by atoms with Crippen molar-refractivity contribution in [1.29, 1.82) is 0 Å². The molecule has 0 amide bonds. The molecule has 0 radical (unpaired) electrons. The summed E-state index contributed by atoms with van der Waals surface area (Å²) in [6.07, 6.45) is 3.76. The standard InChI is InChI=1S/C14H18ClN3/c1-3-18-10-16-8-12(18)9-17-11(2)13-6-4-5-7-14(13)15/h4-8,10-11,17H,3,9H2,1-2H3. The second-order valence-corrected chi connectivity index (χ2v) is 4.70. The Morgan fingerprint density at radius 3 is 2.89 bits per heavy atom. The maximum absolute atomic E-state index is 6.18. The van der Waals surface area contributed by atoms with E-state index < -0.39 is 0 Å². The highest BCUT2D eigenvalue weighted by Gasteiger charge is 2.09. The van der Waals surface area contributed by atoms with Crippen molar-refractivity contribution in [3.8, 4) is 0 Å². The van der Waals surface area contributed by atoms with Crippen molar-refractivity contribution in [2.24, 2.45) is 0 Å². The van der Waals surface area contributed by atoms with Gasteiger partial charge in [0.05, 0.1) is 12.0 Å². The summed E-state index contributed by atoms with van der Waals surface area (Å²) in [6, 6.07) is 8.15. The molecule has 0 aliphatic rings. The van der Waals surface area contributed by atoms with Gasteiger partial charge in [-0.1, -0.05) is 29.8 Å². The van der Waals surface area contributed by atoms with Gasteiger partial charge in [0.15, 0.2) is 0 Å². The summed E-state index contributed by atoms with van der Waals surface area (Å²) >= 11 is 6.18. The minimum absolute atomic E-state index is 0.221. The first-order valence-electron chi connectivity index (χ1n) is 6.19. The molecular formula is C14H18ClN3. The van der Waals surface area contributed by atoms with Crippen LogP contribution in [0.15, 0.2) is 36.8 Å². The maximum atomic E-state index is 6.18. The van der Waals surface area contributed by atoms with Gasteiger partial charge in [-0.05, 0) is 25.5 Å². The smallest absolute Gasteiger partial charge is 0.0948 e. The second-order valence-electron chi connectivity index (χ2n) is 4.30. The van der Waals surface area contributed by atoms with E-state index in [2.05, 4.69) is 34.8 Å². The first-order valence-corrected chi connectivity index (χ1v) is 6.57. The van der Waals surface area contributed by atoms with E-state index in [9.17, 15) is 0 Å². The molecule has 1 heterocycles. The number of aromatic nitrogens is 2. The highest BCUT2D eigenvalue weighted by Crippen LogP contribution is 2.22. The van der Waals surface area contributed by atoms with Crippen LogP contribution in [0.5, 0.6) is 0 Å². The topological polar surface area (TPSA) is 29.9 Å². The van der Waals surface area contributed by atoms with Crippen molar-refractivity contribution in [3.63, 3.8) is 0 Å². The molecule has 0 spiro atoms. The molecule has 1 unspecified atom stereocenters. The van der Waals surface area contributed by atoms with Crippen molar-refractivity contribution in [3.05, 3.63) is 53.1 Å². The van der Waals surface area contributed by atoms with Gasteiger partial charge in [-0.15, -0.1) is 0 Å². The Balaban J connectivity index is 2.01. The average molecular weight is 264 g/mol. The molecular weight excluding hydrogens is 246 g/mol. The fraction of sp³-hybridized carbons (Fsp3) is 0.357. The number of halogens is 1. The second kappa shape index (κ2) is 6.03. The first-order chi connectivity index (χ1) is 8.72. The predicted octanol–water partition coefficient (Wildman–Crippen LogP) is 3.41. The Bertz CT molecular complexity index is 507. The quantitative estimate of drug-likeness (QED) is 0.896. The van der Waals surface area contributed by atoms with E-state index >= 15 is 0 Å². The monoisotopic (exact) mass is 263 g/mol. The van der Waals surface area contributed by atoms with Crippen LogP contribution < -0.4 is 5.32 Å². The Labute approximate surface area is 113 Å². The summed E-state index contributed by atoms with van der Waals surface area (Å²) in [7, 11) is 0. The predicted molar refractivity (Wildman–Crippen MR) is 74.6 cm³/mol. The van der Waals surface area contributed by atoms with Crippen LogP contribution in [0.4, 0.5) is 0 Å². The summed E-state index contributed by atoms with van der Waals surface area (Å²) in [5, 5.41) is 4.28. The van der Waals surface area contributed by atoms with Gasteiger partial charge in [-0.3, -0.25) is 0 Å². The zero-order chi connectivity index (χ0) is 13.0. The average Bonchev–Trinajstić information content (AvgIpc) is 2.84. The van der Waals surface area contributed by atoms with Crippen LogP contribution in [0.3, 0.4) is 0 Å². The summed E-state index contributed by atoms with van der Waals surface area (Å²) in [5.41, 5.74) is 2.32. The number of rotatable bonds is 5. The van der Waals surface area contributed by atoms with E-state index in [0.29, 0.717) is 0 Å². The normalized spacial score (nSPS) is 12.6. The molecule has 1 N–H and O–H groups in total. The van der Waals surface area contributed by atoms with Crippen LogP contribution in [-0.4, -0.2) is 9.55 Å². The third-order valence-corrected chi connectivity index (χ3v) is 3.44. The molecule has 0 saturated heterocycles. The summed E-state index contributed by atoms with van der Waals surface area (Å²) in [6.45, 7) is 5.97. The Morgan fingerprint density at radius 2 is 2.17 bits per heavy atom. The van der Waals surface area contributed by atoms with E-state index in [4.69, 9.17) is 11.6 Å². The zero-order valence-electron chi connectivity index (χ0n) is 10.7. The number of aryl methyl sites for hydroxylation is 1. The number of benzene rings is 1. The summed E-state index contributed by atoms with van der Waals surface area (Å²) < 4.78 is 2.13. The van der Waals surface area contributed by atoms with Crippen molar-refractivity contribution in [2.45, 2.75) is 33.0 Å². The third kappa shape index (κ3) is 2.92. The van der Waals surface area contributed by atoms with Crippen LogP contribution in [-0.2, 0) is 13.1 Å². The highest BCUT2D eigenvalue weighted by molar-refractivity contribution is 6.31. The van der Waals surface area contributed by atoms with Crippen molar-refractivity contribution in [2.75, 3.05) is 0 Å². The van der Waals surface area contributed by atoms with Gasteiger partial charge in [-0.25, -0.2) is 4.98 Å². The summed E-state index contributed by atoms with van der Waals surface area (Å²) in [4.78, 5) is 4.16. The molecule has 2 aromatic rings. The van der Waals surface area contributed by atoms with Gasteiger partial charge >= 0.3 is 0 Å². The SMILES string of the molecule is CCn1cncc1CNC(C)c1ccccc1Cl. The Kier molecular flexibility index (Phi) is 4.39. The van der Waals surface area contributed by atoms with Gasteiger partial charge in [-0.2, -0.15) is 0 Å². The minimum atomic E-state index is 0.221. The molecule has 3 nitrogen and oxygen atoms in total. The van der Waals surface area contributed by atoms with E-state index in [0.717, 1.165) is 23.7 Å². The van der Waals surface area contributed by atoms with Gasteiger partial charge in [0.25, 0.3) is 0 Å². The molecule has 1 aromatic heterocycles. The molecule has 18 heavy (non-hydrogen) atoms. The van der Waals surface area contributed by atoms with Gasteiger partial charge in [0, 0.05) is 30.4 Å². The van der Waals surface area contributed by atoms with E-state index in [-0.39, 0.29) is 6.04 Å². The van der Waals surface area contributed by atoms with Crippen molar-refractivity contribution >= 4 is 11.6 Å². The first kappa shape index (κ1) is 13.1. The lowest BCUT2D eigenvalue weighted by Crippen LogP contribution is -2.20. The number of nitrogens with zero attached hydrogens (tertiary/aromatic N) is 2. The molecule has 4 heteroatoms. The Morgan fingerprint density at radius 1 is 1.39 bits per heavy atom. The molecule has 2 rings (SSSR count). The number of imidazole rings is 1. The molecule has 96 valence electrons. The Hall–Kier alpha value is -1.32.